The van der Waals surface area contributed by atoms with Crippen molar-refractivity contribution in [3.63, 3.8) is 0 Å². The summed E-state index contributed by atoms with van der Waals surface area (Å²) in [7, 11) is 0. The SMILES string of the molecule is CCOC(N)=O.O=C1CCCCC1. The topological polar surface area (TPSA) is 69.4 Å². The van der Waals surface area contributed by atoms with E-state index in [4.69, 9.17) is 0 Å². The number of ether oxygens (including phenoxy) is 1. The van der Waals surface area contributed by atoms with Crippen molar-refractivity contribution in [1.29, 1.82) is 0 Å². The molecule has 1 aliphatic carbocycles. The summed E-state index contributed by atoms with van der Waals surface area (Å²) in [5.41, 5.74) is 4.54. The number of hydrogen-bond donors (Lipinski definition) is 1. The van der Waals surface area contributed by atoms with E-state index < -0.39 is 6.09 Å². The number of carbonyl (C=O) groups is 2. The molecule has 0 saturated heterocycles. The zero-order chi connectivity index (χ0) is 10.1. The summed E-state index contributed by atoms with van der Waals surface area (Å²) >= 11 is 0. The minimum Gasteiger partial charge on any atom is -0.450 e. The van der Waals surface area contributed by atoms with Gasteiger partial charge in [-0.2, -0.15) is 0 Å². The Bertz CT molecular complexity index is 160. The van der Waals surface area contributed by atoms with Gasteiger partial charge in [0.1, 0.15) is 5.78 Å². The van der Waals surface area contributed by atoms with Crippen LogP contribution in [0, 0.1) is 0 Å². The van der Waals surface area contributed by atoms with E-state index in [9.17, 15) is 9.59 Å². The van der Waals surface area contributed by atoms with Crippen LogP contribution in [-0.4, -0.2) is 18.5 Å². The van der Waals surface area contributed by atoms with Gasteiger partial charge < -0.3 is 10.5 Å². The number of Topliss-reactive ketones (excluding diaryl/α,β-unsaturated/α-hetero) is 1. The first-order valence-electron chi connectivity index (χ1n) is 4.60. The molecular weight excluding hydrogens is 170 g/mol. The van der Waals surface area contributed by atoms with Gasteiger partial charge in [0.15, 0.2) is 0 Å². The van der Waals surface area contributed by atoms with Crippen LogP contribution in [0.2, 0.25) is 0 Å². The molecule has 0 aliphatic heterocycles. The first-order valence-corrected chi connectivity index (χ1v) is 4.60. The molecule has 1 amide bonds. The van der Waals surface area contributed by atoms with Gasteiger partial charge in [-0.1, -0.05) is 6.42 Å². The third-order valence-electron chi connectivity index (χ3n) is 1.70. The molecule has 76 valence electrons. The summed E-state index contributed by atoms with van der Waals surface area (Å²) in [5.74, 6) is 0.464. The van der Waals surface area contributed by atoms with Crippen LogP contribution in [0.5, 0.6) is 0 Å². The summed E-state index contributed by atoms with van der Waals surface area (Å²) in [6.45, 7) is 2.06. The van der Waals surface area contributed by atoms with Crippen molar-refractivity contribution in [2.75, 3.05) is 6.61 Å². The van der Waals surface area contributed by atoms with E-state index in [1.807, 2.05) is 0 Å². The van der Waals surface area contributed by atoms with E-state index in [0.717, 1.165) is 25.7 Å². The molecule has 0 heterocycles. The van der Waals surface area contributed by atoms with Crippen molar-refractivity contribution in [1.82, 2.24) is 0 Å². The van der Waals surface area contributed by atoms with Gasteiger partial charge in [0.05, 0.1) is 6.61 Å². The molecule has 0 aromatic rings. The fraction of sp³-hybridized carbons (Fsp3) is 0.778. The highest BCUT2D eigenvalue weighted by atomic mass is 16.5. The minimum absolute atomic E-state index is 0.356. The highest BCUT2D eigenvalue weighted by Crippen LogP contribution is 2.12. The average molecular weight is 187 g/mol. The van der Waals surface area contributed by atoms with E-state index in [1.165, 1.54) is 6.42 Å². The van der Waals surface area contributed by atoms with Gasteiger partial charge in [0.25, 0.3) is 0 Å². The number of nitrogens with two attached hydrogens (primary N) is 1. The first-order chi connectivity index (χ1) is 6.16. The molecule has 0 aromatic carbocycles. The zero-order valence-corrected chi connectivity index (χ0v) is 8.04. The van der Waals surface area contributed by atoms with E-state index in [2.05, 4.69) is 10.5 Å². The van der Waals surface area contributed by atoms with Crippen LogP contribution < -0.4 is 5.73 Å². The van der Waals surface area contributed by atoms with Gasteiger partial charge in [0, 0.05) is 12.8 Å². The van der Waals surface area contributed by atoms with Gasteiger partial charge in [-0.15, -0.1) is 0 Å². The lowest BCUT2D eigenvalue weighted by Gasteiger charge is -2.05. The lowest BCUT2D eigenvalue weighted by Crippen LogP contribution is -2.11. The molecule has 1 rings (SSSR count). The Labute approximate surface area is 78.4 Å². The van der Waals surface area contributed by atoms with Gasteiger partial charge in [0.2, 0.25) is 0 Å². The zero-order valence-electron chi connectivity index (χ0n) is 8.04. The third kappa shape index (κ3) is 8.85. The third-order valence-corrected chi connectivity index (χ3v) is 1.70. The van der Waals surface area contributed by atoms with Crippen molar-refractivity contribution < 1.29 is 14.3 Å². The second-order valence-electron chi connectivity index (χ2n) is 2.85. The maximum Gasteiger partial charge on any atom is 0.404 e. The maximum atomic E-state index is 10.5. The molecule has 0 unspecified atom stereocenters. The minimum atomic E-state index is -0.711. The molecule has 4 heteroatoms. The molecule has 2 N–H and O–H groups in total. The van der Waals surface area contributed by atoms with Crippen LogP contribution in [0.4, 0.5) is 4.79 Å². The molecule has 0 spiro atoms. The maximum absolute atomic E-state index is 10.5. The number of hydrogen-bond acceptors (Lipinski definition) is 3. The van der Waals surface area contributed by atoms with E-state index >= 15 is 0 Å². The number of primary amides is 1. The average Bonchev–Trinajstić information content (AvgIpc) is 2.06. The lowest BCUT2D eigenvalue weighted by atomic mass is 10.00. The normalized spacial score (nSPS) is 15.6. The highest BCUT2D eigenvalue weighted by Gasteiger charge is 2.05. The Kier molecular flexibility index (Phi) is 6.96. The number of ketones is 1. The number of rotatable bonds is 1. The Hall–Kier alpha value is -1.06. The summed E-state index contributed by atoms with van der Waals surface area (Å²) in [6, 6.07) is 0. The monoisotopic (exact) mass is 187 g/mol. The van der Waals surface area contributed by atoms with Crippen LogP contribution in [0.3, 0.4) is 0 Å². The quantitative estimate of drug-likeness (QED) is 0.678. The molecule has 1 saturated carbocycles. The summed E-state index contributed by atoms with van der Waals surface area (Å²) in [6.07, 6.45) is 4.53. The summed E-state index contributed by atoms with van der Waals surface area (Å²) in [5, 5.41) is 0. The lowest BCUT2D eigenvalue weighted by molar-refractivity contribution is -0.120. The fourth-order valence-electron chi connectivity index (χ4n) is 1.09. The van der Waals surface area contributed by atoms with Crippen LogP contribution in [0.25, 0.3) is 0 Å². The van der Waals surface area contributed by atoms with Crippen molar-refractivity contribution >= 4 is 11.9 Å². The molecule has 1 aliphatic rings. The van der Waals surface area contributed by atoms with Gasteiger partial charge >= 0.3 is 6.09 Å². The highest BCUT2D eigenvalue weighted by molar-refractivity contribution is 5.78. The van der Waals surface area contributed by atoms with E-state index in [0.29, 0.717) is 12.4 Å². The predicted octanol–water partition coefficient (Wildman–Crippen LogP) is 1.62. The number of amides is 1. The standard InChI is InChI=1S/C6H10O.C3H7NO2/c7-6-4-2-1-3-5-6;1-2-6-3(4)5/h1-5H2;2H2,1H3,(H2,4,5). The van der Waals surface area contributed by atoms with E-state index in [-0.39, 0.29) is 0 Å². The second kappa shape index (κ2) is 7.58. The van der Waals surface area contributed by atoms with Crippen molar-refractivity contribution in [3.8, 4) is 0 Å². The van der Waals surface area contributed by atoms with Crippen molar-refractivity contribution in [3.05, 3.63) is 0 Å². The van der Waals surface area contributed by atoms with Crippen molar-refractivity contribution in [2.24, 2.45) is 5.73 Å². The van der Waals surface area contributed by atoms with Crippen LogP contribution in [-0.2, 0) is 9.53 Å². The molecular formula is C9H17NO3. The van der Waals surface area contributed by atoms with Gasteiger partial charge in [-0.05, 0) is 19.8 Å². The Morgan fingerprint density at radius 1 is 1.38 bits per heavy atom. The van der Waals surface area contributed by atoms with Crippen LogP contribution in [0.1, 0.15) is 39.0 Å². The Balaban J connectivity index is 0.000000226. The predicted molar refractivity (Wildman–Crippen MR) is 49.3 cm³/mol. The Morgan fingerprint density at radius 3 is 2.08 bits per heavy atom. The molecule has 1 fully saturated rings. The molecule has 0 bridgehead atoms. The smallest absolute Gasteiger partial charge is 0.404 e. The Morgan fingerprint density at radius 2 is 1.92 bits per heavy atom. The van der Waals surface area contributed by atoms with E-state index in [1.54, 1.807) is 6.92 Å². The van der Waals surface area contributed by atoms with Gasteiger partial charge in [-0.25, -0.2) is 4.79 Å². The molecule has 13 heavy (non-hydrogen) atoms. The first kappa shape index (κ1) is 11.9. The van der Waals surface area contributed by atoms with Crippen molar-refractivity contribution in [2.45, 2.75) is 39.0 Å². The largest absolute Gasteiger partial charge is 0.450 e. The summed E-state index contributed by atoms with van der Waals surface area (Å²) < 4.78 is 4.18. The molecule has 0 atom stereocenters. The van der Waals surface area contributed by atoms with Gasteiger partial charge in [-0.3, -0.25) is 4.79 Å². The second-order valence-corrected chi connectivity index (χ2v) is 2.85. The van der Waals surface area contributed by atoms with Crippen LogP contribution >= 0.6 is 0 Å². The molecule has 0 radical (unpaired) electrons. The number of carbonyl (C=O) groups excluding carboxylic acids is 2. The summed E-state index contributed by atoms with van der Waals surface area (Å²) in [4.78, 5) is 20.1. The fourth-order valence-corrected chi connectivity index (χ4v) is 1.09. The molecule has 4 nitrogen and oxygen atoms in total. The molecule has 0 aromatic heterocycles. The van der Waals surface area contributed by atoms with Crippen LogP contribution in [0.15, 0.2) is 0 Å².